The predicted molar refractivity (Wildman–Crippen MR) is 108 cm³/mol. The molecule has 1 heterocycles. The molecule has 1 aliphatic heterocycles. The highest BCUT2D eigenvalue weighted by atomic mass is 16.5. The molecule has 5 nitrogen and oxygen atoms in total. The molecule has 1 aliphatic rings. The largest absolute Gasteiger partial charge is 0.446 e. The number of rotatable bonds is 8. The zero-order chi connectivity index (χ0) is 19.8. The third-order valence-corrected chi connectivity index (χ3v) is 5.07. The van der Waals surface area contributed by atoms with Gasteiger partial charge in [-0.25, -0.2) is 0 Å². The second-order valence-electron chi connectivity index (χ2n) is 7.09. The number of carbonyl (C=O) groups is 2. The van der Waals surface area contributed by atoms with E-state index in [1.165, 1.54) is 0 Å². The summed E-state index contributed by atoms with van der Waals surface area (Å²) in [4.78, 5) is 27.6. The van der Waals surface area contributed by atoms with E-state index in [1.807, 2.05) is 67.6 Å². The van der Waals surface area contributed by atoms with E-state index in [1.54, 1.807) is 4.90 Å². The van der Waals surface area contributed by atoms with E-state index < -0.39 is 12.1 Å². The summed E-state index contributed by atoms with van der Waals surface area (Å²) in [6, 6.07) is 18.7. The maximum Gasteiger partial charge on any atom is 0.324 e. The van der Waals surface area contributed by atoms with Gasteiger partial charge in [0.05, 0.1) is 0 Å². The van der Waals surface area contributed by atoms with Crippen LogP contribution in [0, 0.1) is 0 Å². The average Bonchev–Trinajstić information content (AvgIpc) is 3.28. The van der Waals surface area contributed by atoms with Crippen molar-refractivity contribution in [2.24, 2.45) is 0 Å². The molecule has 2 aromatic carbocycles. The van der Waals surface area contributed by atoms with Crippen LogP contribution in [0.4, 0.5) is 0 Å². The predicted octanol–water partition coefficient (Wildman–Crippen LogP) is 3.46. The van der Waals surface area contributed by atoms with Gasteiger partial charge in [0, 0.05) is 25.2 Å². The number of amides is 1. The van der Waals surface area contributed by atoms with Crippen molar-refractivity contribution >= 4 is 11.9 Å². The Morgan fingerprint density at radius 2 is 1.61 bits per heavy atom. The van der Waals surface area contributed by atoms with Crippen LogP contribution in [0.3, 0.4) is 0 Å². The Hall–Kier alpha value is -2.66. The number of nitrogens with zero attached hydrogens (tertiary/aromatic N) is 1. The van der Waals surface area contributed by atoms with Crippen molar-refractivity contribution in [2.75, 3.05) is 13.1 Å². The van der Waals surface area contributed by atoms with Crippen LogP contribution in [0.2, 0.25) is 0 Å². The number of hydrogen-bond donors (Lipinski definition) is 1. The minimum Gasteiger partial charge on any atom is -0.446 e. The Bertz CT molecular complexity index is 758. The van der Waals surface area contributed by atoms with Crippen molar-refractivity contribution in [1.82, 2.24) is 10.2 Å². The highest BCUT2D eigenvalue weighted by Crippen LogP contribution is 2.23. The minimum absolute atomic E-state index is 0.130. The number of ether oxygens (including phenoxy) is 1. The molecule has 0 bridgehead atoms. The fraction of sp³-hybridized carbons (Fsp3) is 0.391. The van der Waals surface area contributed by atoms with E-state index >= 15 is 0 Å². The molecule has 5 heteroatoms. The van der Waals surface area contributed by atoms with Gasteiger partial charge in [0.15, 0.2) is 0 Å². The van der Waals surface area contributed by atoms with Gasteiger partial charge in [-0.2, -0.15) is 0 Å². The van der Waals surface area contributed by atoms with Gasteiger partial charge in [0.1, 0.15) is 6.04 Å². The van der Waals surface area contributed by atoms with Crippen LogP contribution >= 0.6 is 0 Å². The molecule has 0 spiro atoms. The van der Waals surface area contributed by atoms with Crippen LogP contribution < -0.4 is 5.32 Å². The SMILES string of the molecule is CCC(NCc1ccccc1)C(=O)O[C@H](C(=O)N1CCCC1)c1ccccc1. The summed E-state index contributed by atoms with van der Waals surface area (Å²) in [5.74, 6) is -0.519. The lowest BCUT2D eigenvalue weighted by molar-refractivity contribution is -0.162. The van der Waals surface area contributed by atoms with Crippen LogP contribution in [0.15, 0.2) is 60.7 Å². The smallest absolute Gasteiger partial charge is 0.324 e. The maximum absolute atomic E-state index is 13.0. The molecule has 1 unspecified atom stereocenters. The van der Waals surface area contributed by atoms with Crippen LogP contribution in [0.5, 0.6) is 0 Å². The van der Waals surface area contributed by atoms with Gasteiger partial charge in [-0.3, -0.25) is 9.59 Å². The lowest BCUT2D eigenvalue weighted by Gasteiger charge is -2.25. The van der Waals surface area contributed by atoms with Gasteiger partial charge in [-0.1, -0.05) is 67.6 Å². The van der Waals surface area contributed by atoms with Gasteiger partial charge >= 0.3 is 5.97 Å². The standard InChI is InChI=1S/C23H28N2O3/c1-2-20(24-17-18-11-5-3-6-12-18)23(27)28-21(19-13-7-4-8-14-19)22(26)25-15-9-10-16-25/h3-8,11-14,20-21,24H,2,9-10,15-17H2,1H3/t20?,21-/m0/s1. The first-order valence-electron chi connectivity index (χ1n) is 10.0. The number of carbonyl (C=O) groups excluding carboxylic acids is 2. The lowest BCUT2D eigenvalue weighted by atomic mass is 10.1. The molecule has 1 N–H and O–H groups in total. The second kappa shape index (κ2) is 10.0. The van der Waals surface area contributed by atoms with Gasteiger partial charge in [0.2, 0.25) is 6.10 Å². The topological polar surface area (TPSA) is 58.6 Å². The fourth-order valence-electron chi connectivity index (χ4n) is 3.42. The monoisotopic (exact) mass is 380 g/mol. The summed E-state index contributed by atoms with van der Waals surface area (Å²) in [6.07, 6.45) is 1.69. The van der Waals surface area contributed by atoms with Crippen molar-refractivity contribution in [3.8, 4) is 0 Å². The molecule has 2 atom stereocenters. The number of hydrogen-bond acceptors (Lipinski definition) is 4. The molecule has 0 saturated carbocycles. The molecule has 0 aliphatic carbocycles. The third-order valence-electron chi connectivity index (χ3n) is 5.07. The Kier molecular flexibility index (Phi) is 7.20. The second-order valence-corrected chi connectivity index (χ2v) is 7.09. The van der Waals surface area contributed by atoms with Gasteiger partial charge in [0.25, 0.3) is 5.91 Å². The molecular formula is C23H28N2O3. The van der Waals surface area contributed by atoms with Crippen LogP contribution in [0.1, 0.15) is 43.4 Å². The Morgan fingerprint density at radius 3 is 2.21 bits per heavy atom. The quantitative estimate of drug-likeness (QED) is 0.713. The molecule has 0 radical (unpaired) electrons. The van der Waals surface area contributed by atoms with Crippen LogP contribution in [-0.2, 0) is 20.9 Å². The van der Waals surface area contributed by atoms with Crippen molar-refractivity contribution in [3.63, 3.8) is 0 Å². The molecule has 1 saturated heterocycles. The summed E-state index contributed by atoms with van der Waals surface area (Å²) in [7, 11) is 0. The van der Waals surface area contributed by atoms with E-state index in [-0.39, 0.29) is 11.9 Å². The first kappa shape index (κ1) is 20.1. The molecular weight excluding hydrogens is 352 g/mol. The zero-order valence-electron chi connectivity index (χ0n) is 16.3. The molecule has 1 amide bonds. The first-order valence-corrected chi connectivity index (χ1v) is 10.0. The highest BCUT2D eigenvalue weighted by Gasteiger charge is 2.32. The average molecular weight is 380 g/mol. The van der Waals surface area contributed by atoms with Crippen molar-refractivity contribution in [2.45, 2.75) is 44.9 Å². The van der Waals surface area contributed by atoms with Crippen molar-refractivity contribution in [3.05, 3.63) is 71.8 Å². The van der Waals surface area contributed by atoms with E-state index in [0.29, 0.717) is 18.5 Å². The van der Waals surface area contributed by atoms with Crippen LogP contribution in [-0.4, -0.2) is 35.9 Å². The molecule has 1 fully saturated rings. The molecule has 0 aromatic heterocycles. The van der Waals surface area contributed by atoms with E-state index in [4.69, 9.17) is 4.74 Å². The molecule has 148 valence electrons. The number of benzene rings is 2. The normalized spacial score (nSPS) is 15.8. The Morgan fingerprint density at radius 1 is 1.00 bits per heavy atom. The Labute approximate surface area is 166 Å². The van der Waals surface area contributed by atoms with Gasteiger partial charge < -0.3 is 15.0 Å². The summed E-state index contributed by atoms with van der Waals surface area (Å²) >= 11 is 0. The van der Waals surface area contributed by atoms with Crippen LogP contribution in [0.25, 0.3) is 0 Å². The van der Waals surface area contributed by atoms with Crippen molar-refractivity contribution in [1.29, 1.82) is 0 Å². The van der Waals surface area contributed by atoms with Gasteiger partial charge in [-0.15, -0.1) is 0 Å². The molecule has 28 heavy (non-hydrogen) atoms. The van der Waals surface area contributed by atoms with E-state index in [9.17, 15) is 9.59 Å². The zero-order valence-corrected chi connectivity index (χ0v) is 16.3. The number of likely N-dealkylation sites (tertiary alicyclic amines) is 1. The summed E-state index contributed by atoms with van der Waals surface area (Å²) < 4.78 is 5.76. The minimum atomic E-state index is -0.889. The van der Waals surface area contributed by atoms with Crippen molar-refractivity contribution < 1.29 is 14.3 Å². The Balaban J connectivity index is 1.69. The molecule has 2 aromatic rings. The maximum atomic E-state index is 13.0. The summed E-state index contributed by atoms with van der Waals surface area (Å²) in [6.45, 7) is 3.96. The number of esters is 1. The van der Waals surface area contributed by atoms with Gasteiger partial charge in [-0.05, 0) is 24.8 Å². The number of nitrogens with one attached hydrogen (secondary N) is 1. The lowest BCUT2D eigenvalue weighted by Crippen LogP contribution is -2.41. The highest BCUT2D eigenvalue weighted by molar-refractivity contribution is 5.86. The van der Waals surface area contributed by atoms with E-state index in [0.717, 1.165) is 31.5 Å². The van der Waals surface area contributed by atoms with E-state index in [2.05, 4.69) is 5.32 Å². The summed E-state index contributed by atoms with van der Waals surface area (Å²) in [5.41, 5.74) is 1.81. The fourth-order valence-corrected chi connectivity index (χ4v) is 3.42. The first-order chi connectivity index (χ1) is 13.7. The summed E-state index contributed by atoms with van der Waals surface area (Å²) in [5, 5.41) is 3.25. The molecule has 3 rings (SSSR count). The third kappa shape index (κ3) is 5.20.